The number of aromatic nitrogens is 2. The maximum Gasteiger partial charge on any atom is 0.148 e. The van der Waals surface area contributed by atoms with Crippen LogP contribution in [0.15, 0.2) is 10.8 Å². The van der Waals surface area contributed by atoms with E-state index in [1.165, 1.54) is 32.1 Å². The molecule has 1 aliphatic carbocycles. The van der Waals surface area contributed by atoms with Gasteiger partial charge in [-0.2, -0.15) is 0 Å². The number of nitrogens with zero attached hydrogens (tertiary/aromatic N) is 3. The zero-order valence-corrected chi connectivity index (χ0v) is 13.0. The van der Waals surface area contributed by atoms with Gasteiger partial charge >= 0.3 is 0 Å². The van der Waals surface area contributed by atoms with Gasteiger partial charge in [-0.15, -0.1) is 0 Å². The van der Waals surface area contributed by atoms with Crippen molar-refractivity contribution in [1.29, 1.82) is 0 Å². The minimum atomic E-state index is 0.689. The maximum absolute atomic E-state index is 4.52. The summed E-state index contributed by atoms with van der Waals surface area (Å²) in [6.07, 6.45) is 8.47. The summed E-state index contributed by atoms with van der Waals surface area (Å²) in [5, 5.41) is 3.29. The summed E-state index contributed by atoms with van der Waals surface area (Å²) in [4.78, 5) is 11.3. The number of hydrogen-bond donors (Lipinski definition) is 1. The second-order valence-electron chi connectivity index (χ2n) is 5.48. The third-order valence-electron chi connectivity index (χ3n) is 4.40. The fourth-order valence-corrected chi connectivity index (χ4v) is 4.09. The van der Waals surface area contributed by atoms with E-state index >= 15 is 0 Å². The molecule has 0 aromatic carbocycles. The Hall–Kier alpha value is -0.840. The lowest BCUT2D eigenvalue weighted by Crippen LogP contribution is -2.35. The highest BCUT2D eigenvalue weighted by molar-refractivity contribution is 9.10. The third-order valence-corrected chi connectivity index (χ3v) is 5.13. The molecule has 3 rings (SSSR count). The fraction of sp³-hybridized carbons (Fsp3) is 0.714. The van der Waals surface area contributed by atoms with E-state index in [-0.39, 0.29) is 0 Å². The Morgan fingerprint density at radius 3 is 3.00 bits per heavy atom. The second kappa shape index (κ2) is 5.65. The Bertz CT molecular complexity index is 451. The lowest BCUT2D eigenvalue weighted by atomic mass is 9.85. The molecule has 2 atom stereocenters. The van der Waals surface area contributed by atoms with E-state index in [0.717, 1.165) is 35.1 Å². The monoisotopic (exact) mass is 324 g/mol. The van der Waals surface area contributed by atoms with Crippen molar-refractivity contribution in [1.82, 2.24) is 9.97 Å². The first-order valence-corrected chi connectivity index (χ1v) is 8.11. The smallest absolute Gasteiger partial charge is 0.148 e. The van der Waals surface area contributed by atoms with Crippen LogP contribution in [0.5, 0.6) is 0 Å². The molecule has 1 aromatic heterocycles. The van der Waals surface area contributed by atoms with Gasteiger partial charge in [0.05, 0.1) is 0 Å². The van der Waals surface area contributed by atoms with Crippen LogP contribution in [-0.4, -0.2) is 29.1 Å². The van der Waals surface area contributed by atoms with Crippen molar-refractivity contribution >= 4 is 27.6 Å². The molecule has 0 amide bonds. The summed E-state index contributed by atoms with van der Waals surface area (Å²) < 4.78 is 1.02. The average molecular weight is 325 g/mol. The van der Waals surface area contributed by atoms with Crippen LogP contribution in [0.25, 0.3) is 0 Å². The Labute approximate surface area is 123 Å². The normalized spacial score (nSPS) is 26.3. The first kappa shape index (κ1) is 13.2. The van der Waals surface area contributed by atoms with Gasteiger partial charge < -0.3 is 10.2 Å². The molecule has 2 fully saturated rings. The summed E-state index contributed by atoms with van der Waals surface area (Å²) in [6.45, 7) is 4.10. The van der Waals surface area contributed by atoms with Crippen LogP contribution in [-0.2, 0) is 0 Å². The molecule has 0 spiro atoms. The van der Waals surface area contributed by atoms with Crippen molar-refractivity contribution in [3.8, 4) is 0 Å². The number of hydrogen-bond acceptors (Lipinski definition) is 4. The van der Waals surface area contributed by atoms with E-state index in [1.807, 2.05) is 0 Å². The van der Waals surface area contributed by atoms with Crippen molar-refractivity contribution in [2.45, 2.75) is 45.1 Å². The summed E-state index contributed by atoms with van der Waals surface area (Å²) in [7, 11) is 0. The molecular weight excluding hydrogens is 304 g/mol. The molecule has 0 bridgehead atoms. The number of anilines is 2. The summed E-state index contributed by atoms with van der Waals surface area (Å²) >= 11 is 3.68. The van der Waals surface area contributed by atoms with Gasteiger partial charge in [0.1, 0.15) is 22.4 Å². The molecule has 2 heterocycles. The lowest BCUT2D eigenvalue weighted by Gasteiger charge is -2.33. The predicted molar refractivity (Wildman–Crippen MR) is 81.6 cm³/mol. The summed E-state index contributed by atoms with van der Waals surface area (Å²) in [5.74, 6) is 2.85. The van der Waals surface area contributed by atoms with Crippen LogP contribution in [0.1, 0.15) is 39.0 Å². The first-order valence-electron chi connectivity index (χ1n) is 7.32. The van der Waals surface area contributed by atoms with E-state index in [4.69, 9.17) is 0 Å². The van der Waals surface area contributed by atoms with Crippen molar-refractivity contribution in [2.24, 2.45) is 5.92 Å². The molecule has 2 unspecified atom stereocenters. The molecular formula is C14H21BrN4. The topological polar surface area (TPSA) is 41.1 Å². The molecule has 2 aliphatic rings. The van der Waals surface area contributed by atoms with Gasteiger partial charge in [0, 0.05) is 19.1 Å². The molecule has 1 saturated carbocycles. The predicted octanol–water partition coefficient (Wildman–Crippen LogP) is 3.44. The van der Waals surface area contributed by atoms with E-state index in [2.05, 4.69) is 43.0 Å². The van der Waals surface area contributed by atoms with Crippen LogP contribution in [0.2, 0.25) is 0 Å². The SMILES string of the molecule is CCNc1ncnc(N2CCC3CCCCC32)c1Br. The third kappa shape index (κ3) is 2.45. The Morgan fingerprint density at radius 1 is 1.32 bits per heavy atom. The second-order valence-corrected chi connectivity index (χ2v) is 6.28. The zero-order chi connectivity index (χ0) is 13.2. The molecule has 1 aromatic rings. The van der Waals surface area contributed by atoms with Crippen LogP contribution < -0.4 is 10.2 Å². The highest BCUT2D eigenvalue weighted by Crippen LogP contribution is 2.41. The molecule has 1 aliphatic heterocycles. The minimum absolute atomic E-state index is 0.689. The zero-order valence-electron chi connectivity index (χ0n) is 11.4. The van der Waals surface area contributed by atoms with Gasteiger partial charge in [-0.05, 0) is 48.0 Å². The Kier molecular flexibility index (Phi) is 3.91. The van der Waals surface area contributed by atoms with Crippen LogP contribution in [0.4, 0.5) is 11.6 Å². The molecule has 1 N–H and O–H groups in total. The van der Waals surface area contributed by atoms with Crippen LogP contribution in [0, 0.1) is 5.92 Å². The standard InChI is InChI=1S/C14H21BrN4/c1-2-16-13-12(15)14(18-9-17-13)19-8-7-10-5-3-4-6-11(10)19/h9-11H,2-8H2,1H3,(H,16,17,18). The number of fused-ring (bicyclic) bond motifs is 1. The molecule has 5 heteroatoms. The van der Waals surface area contributed by atoms with E-state index in [9.17, 15) is 0 Å². The Morgan fingerprint density at radius 2 is 2.16 bits per heavy atom. The first-order chi connectivity index (χ1) is 9.31. The highest BCUT2D eigenvalue weighted by atomic mass is 79.9. The average Bonchev–Trinajstić information content (AvgIpc) is 2.85. The fourth-order valence-electron chi connectivity index (χ4n) is 3.52. The minimum Gasteiger partial charge on any atom is -0.369 e. The molecule has 4 nitrogen and oxygen atoms in total. The van der Waals surface area contributed by atoms with Gasteiger partial charge in [-0.1, -0.05) is 12.8 Å². The van der Waals surface area contributed by atoms with Gasteiger partial charge in [0.25, 0.3) is 0 Å². The van der Waals surface area contributed by atoms with E-state index < -0.39 is 0 Å². The van der Waals surface area contributed by atoms with Gasteiger partial charge in [-0.25, -0.2) is 9.97 Å². The van der Waals surface area contributed by atoms with Crippen molar-refractivity contribution in [2.75, 3.05) is 23.3 Å². The Balaban J connectivity index is 1.87. The van der Waals surface area contributed by atoms with Crippen molar-refractivity contribution in [3.63, 3.8) is 0 Å². The van der Waals surface area contributed by atoms with E-state index in [1.54, 1.807) is 6.33 Å². The van der Waals surface area contributed by atoms with Gasteiger partial charge in [0.15, 0.2) is 0 Å². The van der Waals surface area contributed by atoms with Crippen LogP contribution in [0.3, 0.4) is 0 Å². The highest BCUT2D eigenvalue weighted by Gasteiger charge is 2.37. The number of nitrogens with one attached hydrogen (secondary N) is 1. The molecule has 0 radical (unpaired) electrons. The van der Waals surface area contributed by atoms with Crippen molar-refractivity contribution in [3.05, 3.63) is 10.8 Å². The largest absolute Gasteiger partial charge is 0.369 e. The number of rotatable bonds is 3. The molecule has 104 valence electrons. The summed E-state index contributed by atoms with van der Waals surface area (Å²) in [6, 6.07) is 0.689. The quantitative estimate of drug-likeness (QED) is 0.924. The molecule has 19 heavy (non-hydrogen) atoms. The number of halogens is 1. The lowest BCUT2D eigenvalue weighted by molar-refractivity contribution is 0.341. The van der Waals surface area contributed by atoms with E-state index in [0.29, 0.717) is 6.04 Å². The molecule has 1 saturated heterocycles. The van der Waals surface area contributed by atoms with Gasteiger partial charge in [0.2, 0.25) is 0 Å². The van der Waals surface area contributed by atoms with Crippen molar-refractivity contribution < 1.29 is 0 Å². The maximum atomic E-state index is 4.52. The van der Waals surface area contributed by atoms with Gasteiger partial charge in [-0.3, -0.25) is 0 Å². The van der Waals surface area contributed by atoms with Crippen LogP contribution >= 0.6 is 15.9 Å². The summed E-state index contributed by atoms with van der Waals surface area (Å²) in [5.41, 5.74) is 0.